The molecule has 1 saturated heterocycles. The van der Waals surface area contributed by atoms with E-state index in [-0.39, 0.29) is 24.5 Å². The number of carbonyl (C=O) groups excluding carboxylic acids is 1. The summed E-state index contributed by atoms with van der Waals surface area (Å²) in [5, 5.41) is 12.0. The van der Waals surface area contributed by atoms with Gasteiger partial charge in [-0.25, -0.2) is 13.4 Å². The summed E-state index contributed by atoms with van der Waals surface area (Å²) >= 11 is 1.48. The number of sulfonamides is 1. The maximum Gasteiger partial charge on any atom is 0.324 e. The molecule has 1 aliphatic rings. The Morgan fingerprint density at radius 3 is 2.75 bits per heavy atom. The van der Waals surface area contributed by atoms with E-state index in [1.165, 1.54) is 17.4 Å². The molecule has 1 N–H and O–H groups in total. The minimum atomic E-state index is -3.98. The van der Waals surface area contributed by atoms with E-state index >= 15 is 0 Å². The average Bonchev–Trinajstić information content (AvgIpc) is 3.48. The molecule has 2 atom stereocenters. The van der Waals surface area contributed by atoms with Crippen molar-refractivity contribution in [1.82, 2.24) is 9.29 Å². The number of β-amino-alcohol motifs (C(OH)–C–C–N with tert-alkyl or cyclic N) is 1. The fourth-order valence-electron chi connectivity index (χ4n) is 3.58. The molecule has 3 heterocycles. The summed E-state index contributed by atoms with van der Waals surface area (Å²) in [6.07, 6.45) is -0.977. The summed E-state index contributed by atoms with van der Waals surface area (Å²) in [7, 11) is -3.98. The largest absolute Gasteiger partial charge is 0.458 e. The second-order valence-corrected chi connectivity index (χ2v) is 10.7. The number of ether oxygens (including phenoxy) is 1. The SMILES string of the molecule is Cc1ccc(S(=O)(=O)N2CC(O)CC2C(=O)OCc2nc(-c3cccs3)oc2C)cc1C. The van der Waals surface area contributed by atoms with Crippen molar-refractivity contribution in [3.63, 3.8) is 0 Å². The Hall–Kier alpha value is -2.53. The normalized spacial score (nSPS) is 19.4. The van der Waals surface area contributed by atoms with Gasteiger partial charge in [0.25, 0.3) is 0 Å². The minimum absolute atomic E-state index is 0.0266. The van der Waals surface area contributed by atoms with Crippen LogP contribution in [0.25, 0.3) is 10.8 Å². The molecule has 0 radical (unpaired) electrons. The molecule has 170 valence electrons. The van der Waals surface area contributed by atoms with Gasteiger partial charge in [-0.2, -0.15) is 4.31 Å². The maximum absolute atomic E-state index is 13.2. The Bertz CT molecular complexity index is 1230. The van der Waals surface area contributed by atoms with E-state index in [1.54, 1.807) is 19.1 Å². The van der Waals surface area contributed by atoms with Gasteiger partial charge in [0.15, 0.2) is 0 Å². The number of rotatable bonds is 6. The molecule has 0 bridgehead atoms. The van der Waals surface area contributed by atoms with Crippen LogP contribution in [0.5, 0.6) is 0 Å². The molecular formula is C22H24N2O6S2. The standard InChI is InChI=1S/C22H24N2O6S2/c1-13-6-7-17(9-14(13)2)32(27,28)24-11-16(25)10-19(24)22(26)29-12-18-15(3)30-21(23-18)20-5-4-8-31-20/h4-9,16,19,25H,10-12H2,1-3H3. The van der Waals surface area contributed by atoms with Gasteiger partial charge in [0.2, 0.25) is 15.9 Å². The molecule has 32 heavy (non-hydrogen) atoms. The van der Waals surface area contributed by atoms with Crippen LogP contribution in [-0.2, 0) is 26.2 Å². The third kappa shape index (κ3) is 4.36. The Kier molecular flexibility index (Phi) is 6.22. The predicted molar refractivity (Wildman–Crippen MR) is 119 cm³/mol. The monoisotopic (exact) mass is 476 g/mol. The second kappa shape index (κ2) is 8.78. The maximum atomic E-state index is 13.2. The van der Waals surface area contributed by atoms with E-state index in [0.717, 1.165) is 20.3 Å². The van der Waals surface area contributed by atoms with Crippen LogP contribution >= 0.6 is 11.3 Å². The number of esters is 1. The van der Waals surface area contributed by atoms with Crippen LogP contribution in [0.2, 0.25) is 0 Å². The molecular weight excluding hydrogens is 452 g/mol. The first-order valence-electron chi connectivity index (χ1n) is 10.1. The fourth-order valence-corrected chi connectivity index (χ4v) is 5.94. The number of oxazole rings is 1. The van der Waals surface area contributed by atoms with E-state index in [1.807, 2.05) is 31.4 Å². The molecule has 1 fully saturated rings. The van der Waals surface area contributed by atoms with E-state index < -0.39 is 28.1 Å². The van der Waals surface area contributed by atoms with Gasteiger partial charge in [0, 0.05) is 13.0 Å². The first kappa shape index (κ1) is 22.7. The number of carbonyl (C=O) groups is 1. The number of aromatic nitrogens is 1. The Balaban J connectivity index is 1.51. The smallest absolute Gasteiger partial charge is 0.324 e. The lowest BCUT2D eigenvalue weighted by molar-refractivity contribution is -0.149. The van der Waals surface area contributed by atoms with Crippen LogP contribution < -0.4 is 0 Å². The molecule has 3 aromatic rings. The number of hydrogen-bond acceptors (Lipinski definition) is 8. The number of aryl methyl sites for hydroxylation is 3. The fraction of sp³-hybridized carbons (Fsp3) is 0.364. The van der Waals surface area contributed by atoms with Crippen LogP contribution in [0.15, 0.2) is 45.0 Å². The number of thiophene rings is 1. The van der Waals surface area contributed by atoms with Gasteiger partial charge in [-0.3, -0.25) is 4.79 Å². The summed E-state index contributed by atoms with van der Waals surface area (Å²) < 4.78 is 38.5. The van der Waals surface area contributed by atoms with Gasteiger partial charge < -0.3 is 14.3 Å². The highest BCUT2D eigenvalue weighted by molar-refractivity contribution is 7.89. The summed E-state index contributed by atoms with van der Waals surface area (Å²) in [6.45, 7) is 5.12. The summed E-state index contributed by atoms with van der Waals surface area (Å²) in [5.74, 6) is 0.236. The van der Waals surface area contributed by atoms with Crippen molar-refractivity contribution in [3.8, 4) is 10.8 Å². The molecule has 0 spiro atoms. The first-order chi connectivity index (χ1) is 15.2. The molecule has 0 amide bonds. The molecule has 10 heteroatoms. The van der Waals surface area contributed by atoms with E-state index in [2.05, 4.69) is 4.98 Å². The molecule has 0 saturated carbocycles. The van der Waals surface area contributed by atoms with Gasteiger partial charge in [0.1, 0.15) is 24.1 Å². The molecule has 2 unspecified atom stereocenters. The van der Waals surface area contributed by atoms with Gasteiger partial charge in [-0.05, 0) is 55.5 Å². The number of aliphatic hydroxyl groups excluding tert-OH is 1. The van der Waals surface area contributed by atoms with Crippen molar-refractivity contribution >= 4 is 27.3 Å². The second-order valence-electron chi connectivity index (χ2n) is 7.83. The zero-order chi connectivity index (χ0) is 23.0. The molecule has 2 aromatic heterocycles. The van der Waals surface area contributed by atoms with Crippen LogP contribution in [0, 0.1) is 20.8 Å². The summed E-state index contributed by atoms with van der Waals surface area (Å²) in [6, 6.07) is 7.45. The lowest BCUT2D eigenvalue weighted by atomic mass is 10.1. The van der Waals surface area contributed by atoms with Gasteiger partial charge in [-0.1, -0.05) is 12.1 Å². The lowest BCUT2D eigenvalue weighted by Crippen LogP contribution is -2.41. The van der Waals surface area contributed by atoms with Crippen molar-refractivity contribution in [3.05, 3.63) is 58.3 Å². The van der Waals surface area contributed by atoms with Crippen LogP contribution in [0.4, 0.5) is 0 Å². The minimum Gasteiger partial charge on any atom is -0.458 e. The van der Waals surface area contributed by atoms with Gasteiger partial charge >= 0.3 is 5.97 Å². The third-order valence-corrected chi connectivity index (χ3v) is 8.29. The highest BCUT2D eigenvalue weighted by Crippen LogP contribution is 2.29. The van der Waals surface area contributed by atoms with Gasteiger partial charge in [-0.15, -0.1) is 11.3 Å². The topological polar surface area (TPSA) is 110 Å². The lowest BCUT2D eigenvalue weighted by Gasteiger charge is -2.22. The molecule has 0 aliphatic carbocycles. The van der Waals surface area contributed by atoms with Crippen molar-refractivity contribution in [2.24, 2.45) is 0 Å². The quantitative estimate of drug-likeness (QED) is 0.544. The molecule has 1 aromatic carbocycles. The van der Waals surface area contributed by atoms with Crippen molar-refractivity contribution in [2.75, 3.05) is 6.54 Å². The summed E-state index contributed by atoms with van der Waals surface area (Å²) in [5.41, 5.74) is 2.25. The third-order valence-electron chi connectivity index (χ3n) is 5.57. The summed E-state index contributed by atoms with van der Waals surface area (Å²) in [4.78, 5) is 18.1. The molecule has 1 aliphatic heterocycles. The van der Waals surface area contributed by atoms with Crippen molar-refractivity contribution < 1.29 is 27.5 Å². The predicted octanol–water partition coefficient (Wildman–Crippen LogP) is 3.20. The Morgan fingerprint density at radius 1 is 1.28 bits per heavy atom. The number of benzene rings is 1. The average molecular weight is 477 g/mol. The van der Waals surface area contributed by atoms with Crippen LogP contribution in [-0.4, -0.2) is 47.5 Å². The van der Waals surface area contributed by atoms with Gasteiger partial charge in [0.05, 0.1) is 15.9 Å². The van der Waals surface area contributed by atoms with E-state index in [0.29, 0.717) is 17.3 Å². The number of aliphatic hydroxyl groups is 1. The zero-order valence-electron chi connectivity index (χ0n) is 17.9. The van der Waals surface area contributed by atoms with Crippen molar-refractivity contribution in [2.45, 2.75) is 50.8 Å². The number of hydrogen-bond donors (Lipinski definition) is 1. The highest BCUT2D eigenvalue weighted by Gasteiger charge is 2.44. The zero-order valence-corrected chi connectivity index (χ0v) is 19.6. The highest BCUT2D eigenvalue weighted by atomic mass is 32.2. The van der Waals surface area contributed by atoms with E-state index in [9.17, 15) is 18.3 Å². The molecule has 4 rings (SSSR count). The number of nitrogens with zero attached hydrogens (tertiary/aromatic N) is 2. The Morgan fingerprint density at radius 2 is 2.06 bits per heavy atom. The first-order valence-corrected chi connectivity index (χ1v) is 12.4. The molecule has 8 nitrogen and oxygen atoms in total. The van der Waals surface area contributed by atoms with E-state index in [4.69, 9.17) is 9.15 Å². The van der Waals surface area contributed by atoms with Crippen LogP contribution in [0.1, 0.15) is 29.0 Å². The Labute approximate surface area is 190 Å². The van der Waals surface area contributed by atoms with Crippen molar-refractivity contribution in [1.29, 1.82) is 0 Å². The van der Waals surface area contributed by atoms with Crippen LogP contribution in [0.3, 0.4) is 0 Å².